The molecule has 7 atom stereocenters. The third-order valence-electron chi connectivity index (χ3n) is 9.56. The Labute approximate surface area is 274 Å². The van der Waals surface area contributed by atoms with E-state index in [4.69, 9.17) is 14.2 Å². The minimum Gasteiger partial charge on any atom is -0.455 e. The number of aliphatic hydroxyl groups is 1. The number of carbonyl (C=O) groups excluding carboxylic acids is 4. The van der Waals surface area contributed by atoms with Crippen molar-refractivity contribution in [3.05, 3.63) is 89.5 Å². The number of nitrogens with zero attached hydrogens (tertiary/aromatic N) is 2. The fourth-order valence-electron chi connectivity index (χ4n) is 7.43. The molecule has 4 aliphatic heterocycles. The molecule has 2 aromatic carbocycles. The number of aryl methyl sites for hydroxylation is 2. The van der Waals surface area contributed by atoms with E-state index in [1.807, 2.05) is 62.4 Å². The van der Waals surface area contributed by atoms with Crippen LogP contribution in [0.3, 0.4) is 0 Å². The monoisotopic (exact) mass is 643 g/mol. The third kappa shape index (κ3) is 5.88. The van der Waals surface area contributed by atoms with Crippen molar-refractivity contribution < 1.29 is 38.5 Å². The molecule has 4 aliphatic rings. The summed E-state index contributed by atoms with van der Waals surface area (Å²) in [6.45, 7) is 3.60. The number of benzene rings is 2. The number of methoxy groups -OCH3 is 1. The number of ether oxygens (including phenoxy) is 3. The smallest absolute Gasteiger partial charge is 0.313 e. The summed E-state index contributed by atoms with van der Waals surface area (Å²) in [6.07, 6.45) is 5.98. The van der Waals surface area contributed by atoms with Crippen LogP contribution in [0.15, 0.2) is 72.8 Å². The number of esters is 1. The van der Waals surface area contributed by atoms with Crippen molar-refractivity contribution in [2.24, 2.45) is 11.8 Å². The van der Waals surface area contributed by atoms with Crippen LogP contribution in [0, 0.1) is 25.7 Å². The normalized spacial score (nSPS) is 31.6. The summed E-state index contributed by atoms with van der Waals surface area (Å²) in [5.41, 5.74) is 1.69. The number of hydrogen-bond donors (Lipinski definition) is 2. The number of likely N-dealkylation sites (tertiary alicyclic amines) is 1. The van der Waals surface area contributed by atoms with Crippen LogP contribution in [0.25, 0.3) is 0 Å². The zero-order valence-electron chi connectivity index (χ0n) is 26.8. The van der Waals surface area contributed by atoms with Crippen molar-refractivity contribution in [1.29, 1.82) is 0 Å². The first-order valence-electron chi connectivity index (χ1n) is 16.1. The molecule has 11 heteroatoms. The summed E-state index contributed by atoms with van der Waals surface area (Å²) in [5, 5.41) is 13.0. The molecule has 11 nitrogen and oxygen atoms in total. The lowest BCUT2D eigenvalue weighted by Crippen LogP contribution is -2.56. The van der Waals surface area contributed by atoms with Gasteiger partial charge in [-0.15, -0.1) is 0 Å². The van der Waals surface area contributed by atoms with Gasteiger partial charge in [-0.1, -0.05) is 66.8 Å². The topological polar surface area (TPSA) is 135 Å². The SMILES string of the molecule is COC[C@@H]1NC(=O)CC/C=C\CN(c2cc(C)ccc2C)C(=O)[C@H]2N(CCO)C(=O)[C@@H]3[C@@H](C(=O)O[C@H]1c1ccccc1)[C@H]1C=C[C@]32O1. The first kappa shape index (κ1) is 32.6. The number of rotatable bonds is 6. The number of carbonyl (C=O) groups is 4. The average molecular weight is 644 g/mol. The molecule has 2 fully saturated rings. The van der Waals surface area contributed by atoms with Crippen molar-refractivity contribution in [1.82, 2.24) is 10.2 Å². The van der Waals surface area contributed by atoms with Gasteiger partial charge in [0.25, 0.3) is 5.91 Å². The Morgan fingerprint density at radius 3 is 2.57 bits per heavy atom. The highest BCUT2D eigenvalue weighted by atomic mass is 16.6. The number of anilines is 1. The number of hydrogen-bond acceptors (Lipinski definition) is 8. The molecule has 2 aromatic rings. The van der Waals surface area contributed by atoms with Gasteiger partial charge in [0.1, 0.15) is 23.7 Å². The number of aliphatic hydroxyl groups excluding tert-OH is 1. The summed E-state index contributed by atoms with van der Waals surface area (Å²) in [5.74, 6) is -3.89. The maximum Gasteiger partial charge on any atom is 0.313 e. The number of β-amino-alcohol motifs (C(OH)–C–C–N with tert-alkyl or cyclic N) is 1. The summed E-state index contributed by atoms with van der Waals surface area (Å²) >= 11 is 0. The number of amides is 3. The molecule has 3 amide bonds. The molecule has 6 rings (SSSR count). The molecule has 0 radical (unpaired) electrons. The molecule has 4 heterocycles. The average Bonchev–Trinajstić information content (AvgIpc) is 3.70. The summed E-state index contributed by atoms with van der Waals surface area (Å²) < 4.78 is 18.2. The molecule has 0 aliphatic carbocycles. The summed E-state index contributed by atoms with van der Waals surface area (Å²) in [6, 6.07) is 13.0. The van der Waals surface area contributed by atoms with Gasteiger partial charge in [0.2, 0.25) is 11.8 Å². The van der Waals surface area contributed by atoms with Gasteiger partial charge in [-0.3, -0.25) is 19.2 Å². The van der Waals surface area contributed by atoms with Crippen LogP contribution in [0.4, 0.5) is 5.69 Å². The molecule has 2 saturated heterocycles. The Balaban J connectivity index is 1.46. The molecule has 0 saturated carbocycles. The Morgan fingerprint density at radius 1 is 1.04 bits per heavy atom. The molecule has 5 bridgehead atoms. The zero-order chi connectivity index (χ0) is 33.3. The van der Waals surface area contributed by atoms with Gasteiger partial charge in [-0.2, -0.15) is 0 Å². The second-order valence-corrected chi connectivity index (χ2v) is 12.6. The standard InChI is InChI=1S/C36H41N3O8/c1-22-13-14-23(2)26(20-22)38-17-9-5-8-12-28(41)37-25(21-45-3)31(24-10-6-4-7-11-24)46-35(44)29-27-15-16-36(47-27)30(29)33(42)39(18-19-40)32(36)34(38)43/h4-7,9-11,13-16,20,25,27,29-32,40H,8,12,17-19,21H2,1-3H3,(H,37,41)/b9-5-/t25-,27+,29-,30-,31-,32+,36-/m0/s1. The van der Waals surface area contributed by atoms with Crippen LogP contribution in [0.1, 0.15) is 35.6 Å². The Bertz CT molecular complexity index is 1590. The van der Waals surface area contributed by atoms with Gasteiger partial charge in [0.05, 0.1) is 31.3 Å². The van der Waals surface area contributed by atoms with E-state index >= 15 is 0 Å². The Morgan fingerprint density at radius 2 is 1.83 bits per heavy atom. The Hall–Kier alpha value is -4.32. The lowest BCUT2D eigenvalue weighted by Gasteiger charge is -2.36. The van der Waals surface area contributed by atoms with Crippen LogP contribution in [-0.2, 0) is 33.4 Å². The number of allylic oxidation sites excluding steroid dienone is 1. The fraction of sp³-hybridized carbons (Fsp3) is 0.444. The number of fused-ring (bicyclic) bond motifs is 2. The largest absolute Gasteiger partial charge is 0.455 e. The van der Waals surface area contributed by atoms with Crippen LogP contribution >= 0.6 is 0 Å². The second kappa shape index (κ2) is 13.4. The molecule has 47 heavy (non-hydrogen) atoms. The van der Waals surface area contributed by atoms with Crippen molar-refractivity contribution in [3.8, 4) is 0 Å². The van der Waals surface area contributed by atoms with Crippen LogP contribution in [0.2, 0.25) is 0 Å². The highest BCUT2D eigenvalue weighted by Crippen LogP contribution is 2.56. The first-order chi connectivity index (χ1) is 22.7. The van der Waals surface area contributed by atoms with Gasteiger partial charge in [-0.25, -0.2) is 0 Å². The molecule has 248 valence electrons. The molecule has 1 spiro atoms. The maximum absolute atomic E-state index is 14.8. The molecule has 2 N–H and O–H groups in total. The Kier molecular flexibility index (Phi) is 9.32. The van der Waals surface area contributed by atoms with Crippen LogP contribution < -0.4 is 10.2 Å². The molecule has 0 aromatic heterocycles. The third-order valence-corrected chi connectivity index (χ3v) is 9.56. The zero-order valence-corrected chi connectivity index (χ0v) is 26.8. The second-order valence-electron chi connectivity index (χ2n) is 12.6. The van der Waals surface area contributed by atoms with Gasteiger partial charge >= 0.3 is 5.97 Å². The highest BCUT2D eigenvalue weighted by molar-refractivity contribution is 6.05. The van der Waals surface area contributed by atoms with E-state index in [9.17, 15) is 24.3 Å². The van der Waals surface area contributed by atoms with E-state index in [1.54, 1.807) is 29.2 Å². The summed E-state index contributed by atoms with van der Waals surface area (Å²) in [4.78, 5) is 59.5. The predicted octanol–water partition coefficient (Wildman–Crippen LogP) is 2.55. The fourth-order valence-corrected chi connectivity index (χ4v) is 7.43. The molecule has 0 unspecified atom stereocenters. The molecular weight excluding hydrogens is 602 g/mol. The van der Waals surface area contributed by atoms with Crippen molar-refractivity contribution in [2.75, 3.05) is 38.3 Å². The van der Waals surface area contributed by atoms with Crippen molar-refractivity contribution in [3.63, 3.8) is 0 Å². The van der Waals surface area contributed by atoms with E-state index in [0.717, 1.165) is 11.1 Å². The van der Waals surface area contributed by atoms with Gasteiger partial charge in [0, 0.05) is 32.3 Å². The first-order valence-corrected chi connectivity index (χ1v) is 16.1. The summed E-state index contributed by atoms with van der Waals surface area (Å²) in [7, 11) is 1.51. The lowest BCUT2D eigenvalue weighted by atomic mass is 9.74. The number of cyclic esters (lactones) is 1. The predicted molar refractivity (Wildman–Crippen MR) is 172 cm³/mol. The molecular formula is C36H41N3O8. The maximum atomic E-state index is 14.8. The van der Waals surface area contributed by atoms with Crippen LogP contribution in [-0.4, -0.2) is 90.9 Å². The highest BCUT2D eigenvalue weighted by Gasteiger charge is 2.73. The quantitative estimate of drug-likeness (QED) is 0.363. The van der Waals surface area contributed by atoms with Gasteiger partial charge in [0.15, 0.2) is 0 Å². The van der Waals surface area contributed by atoms with Gasteiger partial charge in [-0.05, 0) is 43.0 Å². The minimum absolute atomic E-state index is 0.0663. The van der Waals surface area contributed by atoms with Gasteiger partial charge < -0.3 is 34.4 Å². The van der Waals surface area contributed by atoms with E-state index in [2.05, 4.69) is 5.32 Å². The van der Waals surface area contributed by atoms with Crippen LogP contribution in [0.5, 0.6) is 0 Å². The van der Waals surface area contributed by atoms with Crippen molar-refractivity contribution >= 4 is 29.4 Å². The number of nitrogens with one attached hydrogen (secondary N) is 1. The van der Waals surface area contributed by atoms with E-state index in [1.165, 1.54) is 12.0 Å². The lowest BCUT2D eigenvalue weighted by molar-refractivity contribution is -0.162. The minimum atomic E-state index is -1.44. The van der Waals surface area contributed by atoms with E-state index in [-0.39, 0.29) is 38.6 Å². The van der Waals surface area contributed by atoms with Crippen molar-refractivity contribution in [2.45, 2.75) is 56.6 Å². The van der Waals surface area contributed by atoms with E-state index < -0.39 is 59.5 Å². The van der Waals surface area contributed by atoms with E-state index in [0.29, 0.717) is 17.7 Å².